The van der Waals surface area contributed by atoms with Crippen molar-refractivity contribution in [2.75, 3.05) is 68.0 Å². The third-order valence-electron chi connectivity index (χ3n) is 12.9. The average Bonchev–Trinajstić information content (AvgIpc) is 1.68. The number of carboxylic acids is 5. The number of carbonyl (C=O) groups excluding carboxylic acids is 5. The molecule has 38 heteroatoms. The SMILES string of the molecule is CC(C)[C@H](NC(=O)CN(C)C(=N)N)C(=O)O.CN(CC(=O)N[C@@H](Cc1c[nH]c2ccccc12)C(=O)O)C(=N)N.CN(CC(=O)N[C@@H](Cc1ccc(O)cc1)C(=O)O)C(=N)N.CN(CC(=O)N[C@@H](Cc1ccccc1)C(=O)O)C(=N)N.C[C@@H](O)[C@H](NC(=O)CN(C)C(=N)N)C(=O)O. The molecule has 0 unspecified atom stereocenters. The lowest BCUT2D eigenvalue weighted by Crippen LogP contribution is -2.51. The average molecular weight is 1350 g/mol. The van der Waals surface area contributed by atoms with Crippen LogP contribution in [-0.4, -0.2) is 259 Å². The predicted molar refractivity (Wildman–Crippen MR) is 351 cm³/mol. The Balaban J connectivity index is 0.00000118. The van der Waals surface area contributed by atoms with Gasteiger partial charge in [-0.3, -0.25) is 51.0 Å². The van der Waals surface area contributed by atoms with Gasteiger partial charge in [-0.15, -0.1) is 0 Å². The molecule has 28 N–H and O–H groups in total. The van der Waals surface area contributed by atoms with E-state index >= 15 is 0 Å². The second-order valence-corrected chi connectivity index (χ2v) is 21.5. The highest BCUT2D eigenvalue weighted by Crippen LogP contribution is 2.19. The second-order valence-electron chi connectivity index (χ2n) is 21.5. The molecule has 4 rings (SSSR count). The number of carboxylic acid groups (broad SMARTS) is 5. The van der Waals surface area contributed by atoms with Crippen LogP contribution in [0.25, 0.3) is 10.9 Å². The van der Waals surface area contributed by atoms with Crippen LogP contribution in [0.15, 0.2) is 85.1 Å². The van der Waals surface area contributed by atoms with Crippen LogP contribution in [0.5, 0.6) is 5.75 Å². The summed E-state index contributed by atoms with van der Waals surface area (Å²) in [5.74, 6) is -9.90. The maximum Gasteiger partial charge on any atom is 0.328 e. The zero-order chi connectivity index (χ0) is 73.9. The number of aliphatic hydroxyl groups is 1. The van der Waals surface area contributed by atoms with Crippen LogP contribution in [0.4, 0.5) is 0 Å². The van der Waals surface area contributed by atoms with Crippen LogP contribution in [0.1, 0.15) is 37.5 Å². The highest BCUT2D eigenvalue weighted by Gasteiger charge is 2.28. The fraction of sp³-hybridized carbons (Fsp3) is 0.397. The number of aliphatic carboxylic acids is 5. The van der Waals surface area contributed by atoms with E-state index in [0.29, 0.717) is 5.56 Å². The van der Waals surface area contributed by atoms with Crippen LogP contribution in [-0.2, 0) is 67.2 Å². The van der Waals surface area contributed by atoms with Crippen molar-refractivity contribution < 1.29 is 83.7 Å². The molecule has 1 aromatic heterocycles. The number of rotatable bonds is 28. The molecule has 3 aromatic carbocycles. The number of likely N-dealkylation sites (N-methyl/N-ethyl adjacent to an activating group) is 5. The first-order valence-electron chi connectivity index (χ1n) is 28.5. The van der Waals surface area contributed by atoms with Gasteiger partial charge in [-0.05, 0) is 47.7 Å². The molecule has 0 fully saturated rings. The lowest BCUT2D eigenvalue weighted by atomic mass is 10.0. The van der Waals surface area contributed by atoms with E-state index in [9.17, 15) is 58.2 Å². The molecular weight excluding hydrogens is 1260 g/mol. The summed E-state index contributed by atoms with van der Waals surface area (Å²) in [6.07, 6.45) is 0.990. The lowest BCUT2D eigenvalue weighted by Gasteiger charge is -2.21. The lowest BCUT2D eigenvalue weighted by molar-refractivity contribution is -0.145. The zero-order valence-corrected chi connectivity index (χ0v) is 54.1. The number of hydrogen-bond acceptors (Lipinski definition) is 17. The van der Waals surface area contributed by atoms with Gasteiger partial charge in [0.05, 0.1) is 38.8 Å². The minimum Gasteiger partial charge on any atom is -0.508 e. The fourth-order valence-electron chi connectivity index (χ4n) is 7.40. The Bertz CT molecular complexity index is 3260. The minimum atomic E-state index is -1.37. The summed E-state index contributed by atoms with van der Waals surface area (Å²) in [5.41, 5.74) is 29.1. The maximum absolute atomic E-state index is 11.9. The highest BCUT2D eigenvalue weighted by molar-refractivity contribution is 5.92. The molecule has 0 radical (unpaired) electrons. The molecule has 0 aliphatic rings. The standard InChI is InChI=1S/C15H19N5O3.C13H18N4O4.C13H18N4O3.C9H18N4O3.C8H16N4O4/c1-20(15(16)17)8-13(21)19-12(14(22)23)6-9-7-18-11-5-3-2-4-10(9)11;1-17(13(14)15)7-11(19)16-10(12(20)21)6-8-2-4-9(18)5-3-8;1-17(13(14)15)8-11(18)16-10(12(19)20)7-9-5-3-2-4-6-9;1-5(2)7(8(15)16)12-6(14)4-13(3)9(10)11;1-4(13)6(7(15)16)11-5(14)3-12(2)8(9)10/h2-5,7,12,18H,6,8H2,1H3,(H3,16,17)(H,19,21)(H,22,23);2-5,10,18H,6-7H2,1H3,(H3,14,15)(H,16,19)(H,20,21);2-6,10H,7-8H2,1H3,(H3,14,15)(H,16,18)(H,19,20);5,7H,4H2,1-3H3,(H3,10,11)(H,12,14)(H,15,16);4,6,13H,3H2,1-2H3,(H3,9,10)(H,11,14)(H,15,16)/t12-;2*10-;7-;4-,6+/m00001/s1. The number of nitrogens with one attached hydrogen (secondary N) is 11. The molecule has 0 spiro atoms. The summed E-state index contributed by atoms with van der Waals surface area (Å²) >= 11 is 0. The third-order valence-corrected chi connectivity index (χ3v) is 12.9. The Hall–Kier alpha value is -12.0. The van der Waals surface area contributed by atoms with E-state index in [0.717, 1.165) is 26.9 Å². The van der Waals surface area contributed by atoms with Gasteiger partial charge in [0.1, 0.15) is 29.9 Å². The van der Waals surface area contributed by atoms with Crippen LogP contribution < -0.4 is 55.3 Å². The number of nitrogens with two attached hydrogens (primary N) is 5. The van der Waals surface area contributed by atoms with Crippen molar-refractivity contribution in [3.63, 3.8) is 0 Å². The Morgan fingerprint density at radius 3 is 1.04 bits per heavy atom. The molecule has 0 aliphatic carbocycles. The van der Waals surface area contributed by atoms with Crippen LogP contribution in [0, 0.1) is 33.0 Å². The Morgan fingerprint density at radius 1 is 0.427 bits per heavy atom. The first kappa shape index (κ1) is 84.0. The third kappa shape index (κ3) is 33.9. The molecule has 96 heavy (non-hydrogen) atoms. The van der Waals surface area contributed by atoms with Crippen molar-refractivity contribution in [2.24, 2.45) is 34.6 Å². The number of guanidine groups is 5. The molecule has 0 bridgehead atoms. The van der Waals surface area contributed by atoms with Gasteiger partial charge in [0.25, 0.3) is 0 Å². The number of fused-ring (bicyclic) bond motifs is 1. The second kappa shape index (κ2) is 42.2. The van der Waals surface area contributed by atoms with Crippen molar-refractivity contribution in [3.8, 4) is 5.75 Å². The molecule has 0 aliphatic heterocycles. The van der Waals surface area contributed by atoms with E-state index in [1.165, 1.54) is 73.9 Å². The Morgan fingerprint density at radius 2 is 0.729 bits per heavy atom. The number of nitrogens with zero attached hydrogens (tertiary/aromatic N) is 5. The molecule has 1 heterocycles. The van der Waals surface area contributed by atoms with Crippen molar-refractivity contribution in [2.45, 2.75) is 76.3 Å². The monoisotopic (exact) mass is 1350 g/mol. The normalized spacial score (nSPS) is 12.0. The van der Waals surface area contributed by atoms with E-state index in [1.54, 1.807) is 56.4 Å². The summed E-state index contributed by atoms with van der Waals surface area (Å²) in [5, 5.41) is 112. The number of benzene rings is 3. The van der Waals surface area contributed by atoms with Crippen molar-refractivity contribution in [3.05, 3.63) is 102 Å². The first-order valence-corrected chi connectivity index (χ1v) is 28.5. The molecule has 38 nitrogen and oxygen atoms in total. The Kier molecular flexibility index (Phi) is 36.9. The van der Waals surface area contributed by atoms with Crippen molar-refractivity contribution in [1.29, 1.82) is 27.0 Å². The van der Waals surface area contributed by atoms with E-state index in [2.05, 4.69) is 31.6 Å². The van der Waals surface area contributed by atoms with E-state index in [1.807, 2.05) is 30.3 Å². The number of aromatic amines is 1. The topological polar surface area (TPSA) is 654 Å². The number of para-hydroxylation sites is 1. The summed E-state index contributed by atoms with van der Waals surface area (Å²) < 4.78 is 0. The van der Waals surface area contributed by atoms with Gasteiger partial charge in [-0.25, -0.2) is 24.0 Å². The molecule has 0 saturated heterocycles. The van der Waals surface area contributed by atoms with Gasteiger partial charge in [0.15, 0.2) is 35.8 Å². The van der Waals surface area contributed by atoms with Crippen molar-refractivity contribution in [1.82, 2.24) is 56.1 Å². The van der Waals surface area contributed by atoms with Crippen LogP contribution in [0.2, 0.25) is 0 Å². The first-order chi connectivity index (χ1) is 44.6. The predicted octanol–water partition coefficient (Wildman–Crippen LogP) is -4.14. The molecular formula is C58H89N21O17. The van der Waals surface area contributed by atoms with E-state index < -0.39 is 95.7 Å². The number of aromatic hydroxyl groups is 1. The zero-order valence-electron chi connectivity index (χ0n) is 54.1. The number of phenolic OH excluding ortho intramolecular Hbond substituents is 1. The van der Waals surface area contributed by atoms with Crippen molar-refractivity contribution >= 4 is 100 Å². The largest absolute Gasteiger partial charge is 0.508 e. The highest BCUT2D eigenvalue weighted by atomic mass is 16.4. The Labute approximate surface area is 551 Å². The number of H-pyrrole nitrogens is 1. The molecule has 5 amide bonds. The quantitative estimate of drug-likeness (QED) is 0.0190. The van der Waals surface area contributed by atoms with Crippen LogP contribution in [0.3, 0.4) is 0 Å². The number of carbonyl (C=O) groups is 10. The van der Waals surface area contributed by atoms with Gasteiger partial charge in [-0.1, -0.05) is 74.5 Å². The molecule has 0 saturated carbocycles. The summed E-state index contributed by atoms with van der Waals surface area (Å²) in [6, 6.07) is 17.2. The summed E-state index contributed by atoms with van der Waals surface area (Å²) in [7, 11) is 7.32. The maximum atomic E-state index is 11.9. The fourth-order valence-corrected chi connectivity index (χ4v) is 7.40. The van der Waals surface area contributed by atoms with Gasteiger partial charge >= 0.3 is 29.8 Å². The van der Waals surface area contributed by atoms with E-state index in [-0.39, 0.29) is 93.5 Å². The van der Waals surface area contributed by atoms with Gasteiger partial charge in [-0.2, -0.15) is 0 Å². The number of phenols is 1. The van der Waals surface area contributed by atoms with Gasteiger partial charge in [0.2, 0.25) is 29.5 Å². The number of aliphatic hydroxyl groups excluding tert-OH is 1. The summed E-state index contributed by atoms with van der Waals surface area (Å²) in [6.45, 7) is 3.75. The number of aromatic nitrogens is 1. The molecule has 4 aromatic rings. The van der Waals surface area contributed by atoms with Gasteiger partial charge in [0, 0.05) is 71.6 Å². The molecule has 6 atom stereocenters. The number of hydrogen-bond donors (Lipinski definition) is 23. The van der Waals surface area contributed by atoms with Gasteiger partial charge < -0.3 is 120 Å². The minimum absolute atomic E-state index is 0.0812. The van der Waals surface area contributed by atoms with Crippen LogP contribution >= 0.6 is 0 Å². The number of amides is 5. The molecule has 528 valence electrons. The summed E-state index contributed by atoms with van der Waals surface area (Å²) in [4.78, 5) is 122. The smallest absolute Gasteiger partial charge is 0.328 e. The van der Waals surface area contributed by atoms with E-state index in [4.69, 9.17) is 81.2 Å².